The molecule has 0 saturated carbocycles. The van der Waals surface area contributed by atoms with Crippen LogP contribution in [0.2, 0.25) is 0 Å². The molecule has 4 rings (SSSR count). The Kier molecular flexibility index (Phi) is 7.11. The summed E-state index contributed by atoms with van der Waals surface area (Å²) in [6.45, 7) is 8.03. The third-order valence-electron chi connectivity index (χ3n) is 6.21. The molecule has 1 aliphatic rings. The van der Waals surface area contributed by atoms with E-state index in [-0.39, 0.29) is 29.1 Å². The van der Waals surface area contributed by atoms with Gasteiger partial charge in [-0.1, -0.05) is 17.7 Å². The molecule has 190 valence electrons. The average molecular weight is 500 g/mol. The second kappa shape index (κ2) is 10.3. The average Bonchev–Trinajstić information content (AvgIpc) is 3.11. The second-order valence-electron chi connectivity index (χ2n) is 9.12. The van der Waals surface area contributed by atoms with Gasteiger partial charge in [0.1, 0.15) is 5.75 Å². The number of imide groups is 1. The number of carbonyl (C=O) groups excluding carboxylic acids is 4. The van der Waals surface area contributed by atoms with Crippen molar-refractivity contribution >= 4 is 35.0 Å². The fraction of sp³-hybridized carbons (Fsp3) is 0.241. The topological polar surface area (TPSA) is 96.0 Å². The van der Waals surface area contributed by atoms with E-state index in [0.29, 0.717) is 18.0 Å². The van der Waals surface area contributed by atoms with E-state index in [1.165, 1.54) is 30.1 Å². The van der Waals surface area contributed by atoms with Crippen molar-refractivity contribution in [1.29, 1.82) is 0 Å². The fourth-order valence-corrected chi connectivity index (χ4v) is 4.53. The maximum Gasteiger partial charge on any atom is 0.266 e. The van der Waals surface area contributed by atoms with Crippen LogP contribution >= 0.6 is 0 Å². The fourth-order valence-electron chi connectivity index (χ4n) is 4.53. The lowest BCUT2D eigenvalue weighted by Gasteiger charge is -2.19. The van der Waals surface area contributed by atoms with Crippen molar-refractivity contribution in [2.75, 3.05) is 30.4 Å². The van der Waals surface area contributed by atoms with Crippen LogP contribution in [0.4, 0.5) is 11.4 Å². The van der Waals surface area contributed by atoms with E-state index in [1.807, 2.05) is 39.8 Å². The molecular weight excluding hydrogens is 470 g/mol. The summed E-state index contributed by atoms with van der Waals surface area (Å²) in [6.07, 6.45) is 0. The molecule has 1 N–H and O–H groups in total. The first-order chi connectivity index (χ1) is 17.6. The van der Waals surface area contributed by atoms with Gasteiger partial charge in [-0.25, -0.2) is 4.90 Å². The maximum absolute atomic E-state index is 13.1. The number of carbonyl (C=O) groups is 4. The first-order valence-electron chi connectivity index (χ1n) is 12.0. The highest BCUT2D eigenvalue weighted by molar-refractivity contribution is 6.34. The molecule has 0 unspecified atom stereocenters. The molecule has 8 nitrogen and oxygen atoms in total. The summed E-state index contributed by atoms with van der Waals surface area (Å²) >= 11 is 0. The lowest BCUT2D eigenvalue weighted by atomic mass is 10.0. The molecule has 3 aromatic rings. The first kappa shape index (κ1) is 25.6. The Balaban J connectivity index is 1.48. The number of benzene rings is 3. The molecule has 8 heteroatoms. The van der Waals surface area contributed by atoms with Crippen molar-refractivity contribution in [3.05, 3.63) is 88.0 Å². The van der Waals surface area contributed by atoms with Gasteiger partial charge in [0.2, 0.25) is 5.91 Å². The Morgan fingerprint density at radius 1 is 0.892 bits per heavy atom. The monoisotopic (exact) mass is 499 g/mol. The number of aryl methyl sites for hydroxylation is 3. The van der Waals surface area contributed by atoms with Crippen molar-refractivity contribution in [2.24, 2.45) is 0 Å². The maximum atomic E-state index is 13.1. The number of amides is 4. The molecule has 0 radical (unpaired) electrons. The van der Waals surface area contributed by atoms with Gasteiger partial charge in [-0.2, -0.15) is 0 Å². The lowest BCUT2D eigenvalue weighted by molar-refractivity contribution is -0.116. The van der Waals surface area contributed by atoms with Gasteiger partial charge in [-0.05, 0) is 81.3 Å². The molecule has 0 spiro atoms. The van der Waals surface area contributed by atoms with Gasteiger partial charge < -0.3 is 15.0 Å². The summed E-state index contributed by atoms with van der Waals surface area (Å²) in [5.74, 6) is -1.10. The Morgan fingerprint density at radius 2 is 1.51 bits per heavy atom. The van der Waals surface area contributed by atoms with Crippen LogP contribution < -0.4 is 15.0 Å². The van der Waals surface area contributed by atoms with Gasteiger partial charge in [0, 0.05) is 18.3 Å². The van der Waals surface area contributed by atoms with Gasteiger partial charge in [0.05, 0.1) is 30.0 Å². The first-order valence-corrected chi connectivity index (χ1v) is 12.0. The van der Waals surface area contributed by atoms with Crippen molar-refractivity contribution in [3.8, 4) is 5.75 Å². The number of likely N-dealkylation sites (N-methyl/N-ethyl adjacent to an activating group) is 1. The summed E-state index contributed by atoms with van der Waals surface area (Å²) in [4.78, 5) is 54.2. The lowest BCUT2D eigenvalue weighted by Crippen LogP contribution is -2.35. The minimum Gasteiger partial charge on any atom is -0.494 e. The normalized spacial score (nSPS) is 12.4. The van der Waals surface area contributed by atoms with Crippen LogP contribution in [0.5, 0.6) is 5.75 Å². The number of nitrogens with one attached hydrogen (secondary N) is 1. The zero-order valence-corrected chi connectivity index (χ0v) is 21.5. The van der Waals surface area contributed by atoms with Crippen molar-refractivity contribution < 1.29 is 23.9 Å². The highest BCUT2D eigenvalue weighted by atomic mass is 16.5. The molecular formula is C29H29N3O5. The van der Waals surface area contributed by atoms with E-state index in [0.717, 1.165) is 27.3 Å². The number of hydrogen-bond donors (Lipinski definition) is 1. The van der Waals surface area contributed by atoms with E-state index < -0.39 is 17.7 Å². The third-order valence-corrected chi connectivity index (χ3v) is 6.21. The van der Waals surface area contributed by atoms with Crippen LogP contribution in [-0.2, 0) is 4.79 Å². The third kappa shape index (κ3) is 5.09. The number of rotatable bonds is 7. The molecule has 3 aromatic carbocycles. The van der Waals surface area contributed by atoms with Crippen LogP contribution in [0.15, 0.2) is 54.6 Å². The van der Waals surface area contributed by atoms with Gasteiger partial charge in [0.25, 0.3) is 17.7 Å². The number of fused-ring (bicyclic) bond motifs is 1. The molecule has 0 aliphatic carbocycles. The highest BCUT2D eigenvalue weighted by Gasteiger charge is 2.37. The Morgan fingerprint density at radius 3 is 2.14 bits per heavy atom. The number of ether oxygens (including phenoxy) is 1. The van der Waals surface area contributed by atoms with Crippen LogP contribution in [0.3, 0.4) is 0 Å². The highest BCUT2D eigenvalue weighted by Crippen LogP contribution is 2.30. The molecule has 1 aliphatic heterocycles. The van der Waals surface area contributed by atoms with Crippen LogP contribution in [-0.4, -0.2) is 48.7 Å². The minimum absolute atomic E-state index is 0.147. The van der Waals surface area contributed by atoms with Crippen LogP contribution in [0.1, 0.15) is 54.7 Å². The van der Waals surface area contributed by atoms with E-state index in [1.54, 1.807) is 24.3 Å². The minimum atomic E-state index is -0.510. The molecule has 0 atom stereocenters. The van der Waals surface area contributed by atoms with E-state index >= 15 is 0 Å². The standard InChI is InChI=1S/C29H29N3O5/c1-6-37-22-10-8-21(9-11-22)32-28(35)23-12-7-20(15-24(23)29(32)36)27(34)31(5)16-25(33)30-26-18(3)13-17(2)14-19(26)4/h7-15H,6,16H2,1-5H3,(H,30,33). The van der Waals surface area contributed by atoms with Crippen molar-refractivity contribution in [2.45, 2.75) is 27.7 Å². The van der Waals surface area contributed by atoms with Crippen molar-refractivity contribution in [1.82, 2.24) is 4.90 Å². The van der Waals surface area contributed by atoms with E-state index in [9.17, 15) is 19.2 Å². The predicted octanol–water partition coefficient (Wildman–Crippen LogP) is 4.52. The number of hydrogen-bond acceptors (Lipinski definition) is 5. The Bertz CT molecular complexity index is 1390. The van der Waals surface area contributed by atoms with E-state index in [4.69, 9.17) is 4.74 Å². The molecule has 37 heavy (non-hydrogen) atoms. The number of anilines is 2. The Hall–Kier alpha value is -4.46. The molecule has 1 heterocycles. The second-order valence-corrected chi connectivity index (χ2v) is 9.12. The summed E-state index contributed by atoms with van der Waals surface area (Å²) in [5.41, 5.74) is 4.72. The predicted molar refractivity (Wildman–Crippen MR) is 141 cm³/mol. The van der Waals surface area contributed by atoms with Gasteiger partial charge >= 0.3 is 0 Å². The number of nitrogens with zero attached hydrogens (tertiary/aromatic N) is 2. The molecule has 4 amide bonds. The molecule has 0 saturated heterocycles. The van der Waals surface area contributed by atoms with Crippen LogP contribution in [0, 0.1) is 20.8 Å². The van der Waals surface area contributed by atoms with Gasteiger partial charge in [-0.15, -0.1) is 0 Å². The van der Waals surface area contributed by atoms with Crippen molar-refractivity contribution in [3.63, 3.8) is 0 Å². The zero-order chi connectivity index (χ0) is 26.9. The van der Waals surface area contributed by atoms with Gasteiger partial charge in [0.15, 0.2) is 0 Å². The van der Waals surface area contributed by atoms with Gasteiger partial charge in [-0.3, -0.25) is 19.2 Å². The largest absolute Gasteiger partial charge is 0.494 e. The summed E-state index contributed by atoms with van der Waals surface area (Å²) in [6, 6.07) is 15.0. The molecule has 0 fully saturated rings. The van der Waals surface area contributed by atoms with Crippen LogP contribution in [0.25, 0.3) is 0 Å². The SMILES string of the molecule is CCOc1ccc(N2C(=O)c3ccc(C(=O)N(C)CC(=O)Nc4c(C)cc(C)cc4C)cc3C2=O)cc1. The summed E-state index contributed by atoms with van der Waals surface area (Å²) in [7, 11) is 1.52. The summed E-state index contributed by atoms with van der Waals surface area (Å²) in [5, 5.41) is 2.89. The summed E-state index contributed by atoms with van der Waals surface area (Å²) < 4.78 is 5.42. The molecule has 0 aromatic heterocycles. The van der Waals surface area contributed by atoms with E-state index in [2.05, 4.69) is 5.32 Å². The Labute approximate surface area is 215 Å². The quantitative estimate of drug-likeness (QED) is 0.482. The zero-order valence-electron chi connectivity index (χ0n) is 21.5. The molecule has 0 bridgehead atoms. The smallest absolute Gasteiger partial charge is 0.266 e.